The van der Waals surface area contributed by atoms with Crippen LogP contribution in [0.2, 0.25) is 5.02 Å². The molecule has 2 aliphatic heterocycles. The van der Waals surface area contributed by atoms with E-state index in [1.165, 1.54) is 0 Å². The summed E-state index contributed by atoms with van der Waals surface area (Å²) in [6.45, 7) is 1.22. The predicted molar refractivity (Wildman–Crippen MR) is 156 cm³/mol. The maximum absolute atomic E-state index is 13.0. The van der Waals surface area contributed by atoms with Gasteiger partial charge in [0, 0.05) is 48.5 Å². The Kier molecular flexibility index (Phi) is 8.24. The van der Waals surface area contributed by atoms with Crippen molar-refractivity contribution >= 4 is 50.7 Å². The van der Waals surface area contributed by atoms with Gasteiger partial charge >= 0.3 is 0 Å². The molecule has 0 spiro atoms. The number of anilines is 2. The zero-order chi connectivity index (χ0) is 27.4. The summed E-state index contributed by atoms with van der Waals surface area (Å²) >= 11 is 9.69. The molecule has 0 saturated carbocycles. The predicted octanol–water partition coefficient (Wildman–Crippen LogP) is 5.06. The molecule has 1 fully saturated rings. The highest BCUT2D eigenvalue weighted by Gasteiger charge is 2.29. The normalized spacial score (nSPS) is 16.4. The van der Waals surface area contributed by atoms with Crippen molar-refractivity contribution in [3.05, 3.63) is 70.7 Å². The second-order valence-electron chi connectivity index (χ2n) is 9.12. The number of nitrogens with zero attached hydrogens (tertiary/aromatic N) is 2. The number of likely N-dealkylation sites (tertiary alicyclic amines) is 1. The first-order valence-corrected chi connectivity index (χ1v) is 14.1. The molecule has 2 aromatic heterocycles. The number of carbonyl (C=O) groups is 2. The van der Waals surface area contributed by atoms with Crippen LogP contribution in [0, 0.1) is 11.8 Å². The average Bonchev–Trinajstić information content (AvgIpc) is 3.56. The molecule has 1 saturated heterocycles. The highest BCUT2D eigenvalue weighted by Crippen LogP contribution is 2.41. The Morgan fingerprint density at radius 1 is 1.38 bits per heavy atom. The Hall–Kier alpha value is -3.74. The number of hydrogen-bond donors (Lipinski definition) is 3. The number of halogens is 2. The number of ether oxygens (including phenoxy) is 1. The fraction of sp³-hybridized carbons (Fsp3) is 0.276. The molecular formula is C29H27BrClN5O3. The van der Waals surface area contributed by atoms with Crippen LogP contribution in [-0.4, -0.2) is 58.3 Å². The van der Waals surface area contributed by atoms with Gasteiger partial charge in [-0.25, -0.2) is 0 Å². The van der Waals surface area contributed by atoms with Crippen LogP contribution in [0.25, 0.3) is 11.3 Å². The highest BCUT2D eigenvalue weighted by atomic mass is 79.9. The van der Waals surface area contributed by atoms with E-state index in [0.717, 1.165) is 24.1 Å². The summed E-state index contributed by atoms with van der Waals surface area (Å²) in [4.78, 5) is 35.2. The van der Waals surface area contributed by atoms with Crippen molar-refractivity contribution in [3.63, 3.8) is 0 Å². The molecule has 3 N–H and O–H groups in total. The van der Waals surface area contributed by atoms with Crippen molar-refractivity contribution in [1.82, 2.24) is 20.2 Å². The van der Waals surface area contributed by atoms with E-state index in [2.05, 4.69) is 48.4 Å². The number of amides is 2. The standard InChI is InChI=1S/C29H27BrClN5O3/c1-39-28-21(31)6-2-7-23(28)35-27-25-22(12-15-33-29(25)38)34-26(27)20-11-14-32-17-18(20)9-10-19-5-4-16-36(19)24(37)8-3-13-30/h2-3,6-8,11,14,17,19,34-35H,4-5,12-13,15-16H2,1H3,(H,33,38)/b8-3+. The van der Waals surface area contributed by atoms with Crippen molar-refractivity contribution in [2.24, 2.45) is 0 Å². The molecule has 39 heavy (non-hydrogen) atoms. The van der Waals surface area contributed by atoms with E-state index in [0.29, 0.717) is 63.8 Å². The quantitative estimate of drug-likeness (QED) is 0.206. The number of H-pyrrole nitrogens is 1. The summed E-state index contributed by atoms with van der Waals surface area (Å²) in [5.74, 6) is 6.85. The summed E-state index contributed by atoms with van der Waals surface area (Å²) < 4.78 is 5.54. The Bertz CT molecular complexity index is 1510. The third kappa shape index (κ3) is 5.54. The van der Waals surface area contributed by atoms with E-state index in [1.54, 1.807) is 42.6 Å². The summed E-state index contributed by atoms with van der Waals surface area (Å²) in [7, 11) is 1.55. The number of methoxy groups -OCH3 is 1. The fourth-order valence-corrected chi connectivity index (χ4v) is 5.39. The molecule has 1 aromatic carbocycles. The first kappa shape index (κ1) is 26.9. The molecular weight excluding hydrogens is 582 g/mol. The molecule has 4 heterocycles. The first-order valence-electron chi connectivity index (χ1n) is 12.6. The molecule has 2 aliphatic rings. The topological polar surface area (TPSA) is 99.3 Å². The van der Waals surface area contributed by atoms with Crippen LogP contribution in [0.15, 0.2) is 48.8 Å². The van der Waals surface area contributed by atoms with Crippen molar-refractivity contribution in [3.8, 4) is 28.8 Å². The number of aromatic nitrogens is 2. The first-order chi connectivity index (χ1) is 19.0. The van der Waals surface area contributed by atoms with Gasteiger partial charge in [-0.05, 0) is 37.1 Å². The third-order valence-corrected chi connectivity index (χ3v) is 7.42. The van der Waals surface area contributed by atoms with Crippen LogP contribution < -0.4 is 15.4 Å². The summed E-state index contributed by atoms with van der Waals surface area (Å²) in [6.07, 6.45) is 9.15. The minimum absolute atomic E-state index is 0.0392. The molecule has 0 bridgehead atoms. The van der Waals surface area contributed by atoms with E-state index in [9.17, 15) is 9.59 Å². The number of rotatable bonds is 6. The summed E-state index contributed by atoms with van der Waals surface area (Å²) in [5.41, 5.74) is 4.80. The minimum Gasteiger partial charge on any atom is -0.493 e. The Morgan fingerprint density at radius 3 is 3.08 bits per heavy atom. The van der Waals surface area contributed by atoms with Gasteiger partial charge in [-0.2, -0.15) is 0 Å². The maximum Gasteiger partial charge on any atom is 0.255 e. The summed E-state index contributed by atoms with van der Waals surface area (Å²) in [6, 6.07) is 7.10. The van der Waals surface area contributed by atoms with E-state index in [1.807, 2.05) is 18.2 Å². The molecule has 0 aliphatic carbocycles. The number of alkyl halides is 1. The van der Waals surface area contributed by atoms with Gasteiger partial charge < -0.3 is 25.3 Å². The van der Waals surface area contributed by atoms with Crippen LogP contribution in [-0.2, 0) is 11.2 Å². The van der Waals surface area contributed by atoms with Crippen molar-refractivity contribution in [2.75, 3.05) is 30.8 Å². The smallest absolute Gasteiger partial charge is 0.255 e. The number of para-hydroxylation sites is 1. The van der Waals surface area contributed by atoms with Gasteiger partial charge in [0.15, 0.2) is 5.75 Å². The number of nitrogens with one attached hydrogen (secondary N) is 3. The van der Waals surface area contributed by atoms with Crippen LogP contribution in [0.4, 0.5) is 11.4 Å². The van der Waals surface area contributed by atoms with Gasteiger partial charge in [-0.1, -0.05) is 51.5 Å². The van der Waals surface area contributed by atoms with Gasteiger partial charge in [0.1, 0.15) is 0 Å². The monoisotopic (exact) mass is 607 g/mol. The van der Waals surface area contributed by atoms with Crippen molar-refractivity contribution in [1.29, 1.82) is 0 Å². The zero-order valence-electron chi connectivity index (χ0n) is 21.3. The highest BCUT2D eigenvalue weighted by molar-refractivity contribution is 9.09. The van der Waals surface area contributed by atoms with Crippen LogP contribution >= 0.6 is 27.5 Å². The zero-order valence-corrected chi connectivity index (χ0v) is 23.7. The number of benzene rings is 1. The number of allylic oxidation sites excluding steroid dienone is 1. The van der Waals surface area contributed by atoms with Gasteiger partial charge in [0.25, 0.3) is 5.91 Å². The Labute approximate surface area is 240 Å². The van der Waals surface area contributed by atoms with E-state index in [-0.39, 0.29) is 17.9 Å². The van der Waals surface area contributed by atoms with Gasteiger partial charge in [-0.15, -0.1) is 0 Å². The lowest BCUT2D eigenvalue weighted by Crippen LogP contribution is -2.33. The van der Waals surface area contributed by atoms with Gasteiger partial charge in [-0.3, -0.25) is 14.6 Å². The second kappa shape index (κ2) is 12.0. The second-order valence-corrected chi connectivity index (χ2v) is 10.2. The van der Waals surface area contributed by atoms with E-state index >= 15 is 0 Å². The molecule has 200 valence electrons. The van der Waals surface area contributed by atoms with Crippen molar-refractivity contribution in [2.45, 2.75) is 25.3 Å². The van der Waals surface area contributed by atoms with E-state index < -0.39 is 0 Å². The van der Waals surface area contributed by atoms with Crippen LogP contribution in [0.3, 0.4) is 0 Å². The van der Waals surface area contributed by atoms with E-state index in [4.69, 9.17) is 16.3 Å². The SMILES string of the molecule is COc1c(Cl)cccc1Nc1c(-c2ccncc2C#CC2CCCN2C(=O)/C=C/CBr)[nH]c2c1C(=O)NCC2. The largest absolute Gasteiger partial charge is 0.493 e. The lowest BCUT2D eigenvalue weighted by atomic mass is 10.0. The number of carbonyl (C=O) groups excluding carboxylic acids is 2. The molecule has 0 radical (unpaired) electrons. The van der Waals surface area contributed by atoms with Gasteiger partial charge in [0.05, 0.1) is 46.4 Å². The molecule has 2 amide bonds. The number of pyridine rings is 1. The fourth-order valence-electron chi connectivity index (χ4n) is 4.95. The van der Waals surface area contributed by atoms with Crippen LogP contribution in [0.5, 0.6) is 5.75 Å². The Morgan fingerprint density at radius 2 is 2.26 bits per heavy atom. The van der Waals surface area contributed by atoms with Crippen molar-refractivity contribution < 1.29 is 14.3 Å². The van der Waals surface area contributed by atoms with Gasteiger partial charge in [0.2, 0.25) is 5.91 Å². The molecule has 10 heteroatoms. The summed E-state index contributed by atoms with van der Waals surface area (Å²) in [5, 5.41) is 7.41. The molecule has 1 atom stereocenters. The number of hydrogen-bond acceptors (Lipinski definition) is 5. The molecule has 5 rings (SSSR count). The lowest BCUT2D eigenvalue weighted by molar-refractivity contribution is -0.125. The maximum atomic E-state index is 13.0. The number of aromatic amines is 1. The van der Waals surface area contributed by atoms with Crippen LogP contribution in [0.1, 0.15) is 34.5 Å². The third-order valence-electron chi connectivity index (χ3n) is 6.75. The Balaban J connectivity index is 1.57. The molecule has 1 unspecified atom stereocenters. The number of fused-ring (bicyclic) bond motifs is 1. The minimum atomic E-state index is -0.179. The lowest BCUT2D eigenvalue weighted by Gasteiger charge is -2.18. The average molecular weight is 609 g/mol. The molecule has 3 aromatic rings. The molecule has 8 nitrogen and oxygen atoms in total.